The Morgan fingerprint density at radius 1 is 1.16 bits per heavy atom. The van der Waals surface area contributed by atoms with E-state index in [-0.39, 0.29) is 11.5 Å². The van der Waals surface area contributed by atoms with Crippen LogP contribution in [0.25, 0.3) is 27.9 Å². The van der Waals surface area contributed by atoms with Crippen molar-refractivity contribution < 1.29 is 4.39 Å². The maximum absolute atomic E-state index is 14.1. The van der Waals surface area contributed by atoms with Crippen LogP contribution < -0.4 is 16.6 Å². The fourth-order valence-corrected chi connectivity index (χ4v) is 3.81. The number of rotatable bonds is 4. The molecule has 10 heteroatoms. The molecule has 0 radical (unpaired) electrons. The molecule has 0 unspecified atom stereocenters. The number of halogens is 1. The van der Waals surface area contributed by atoms with Gasteiger partial charge in [0.2, 0.25) is 5.95 Å². The van der Waals surface area contributed by atoms with Gasteiger partial charge in [0, 0.05) is 5.69 Å². The molecule has 160 valence electrons. The lowest BCUT2D eigenvalue weighted by molar-refractivity contribution is 0.628. The smallest absolute Gasteiger partial charge is 0.266 e. The number of aromatic amines is 1. The number of pyridine rings is 1. The molecular weight excluding hydrogens is 411 g/mol. The molecule has 0 aliphatic carbocycles. The van der Waals surface area contributed by atoms with E-state index in [1.165, 1.54) is 22.9 Å². The number of benzene rings is 1. The molecule has 4 heterocycles. The summed E-state index contributed by atoms with van der Waals surface area (Å²) in [5, 5.41) is 3.25. The summed E-state index contributed by atoms with van der Waals surface area (Å²) in [5.41, 5.74) is 8.96. The molecule has 0 saturated heterocycles. The summed E-state index contributed by atoms with van der Waals surface area (Å²) in [4.78, 5) is 33.8. The van der Waals surface area contributed by atoms with Crippen molar-refractivity contribution in [3.05, 3.63) is 76.4 Å². The average Bonchev–Trinajstić information content (AvgIpc) is 3.22. The lowest BCUT2D eigenvalue weighted by atomic mass is 10.0. The molecule has 9 nitrogen and oxygen atoms in total. The van der Waals surface area contributed by atoms with Gasteiger partial charge in [-0.2, -0.15) is 9.97 Å². The lowest BCUT2D eigenvalue weighted by Gasteiger charge is -2.19. The monoisotopic (exact) mass is 430 g/mol. The minimum absolute atomic E-state index is 0.0619. The van der Waals surface area contributed by atoms with E-state index in [0.717, 1.165) is 5.69 Å². The van der Waals surface area contributed by atoms with Crippen molar-refractivity contribution in [1.29, 1.82) is 0 Å². The predicted molar refractivity (Wildman–Crippen MR) is 120 cm³/mol. The van der Waals surface area contributed by atoms with Gasteiger partial charge in [-0.25, -0.2) is 14.4 Å². The zero-order valence-electron chi connectivity index (χ0n) is 17.3. The Balaban J connectivity index is 1.72. The molecule has 0 aliphatic rings. The van der Waals surface area contributed by atoms with E-state index in [1.807, 2.05) is 26.0 Å². The Hall–Kier alpha value is -4.34. The van der Waals surface area contributed by atoms with E-state index in [0.29, 0.717) is 39.4 Å². The summed E-state index contributed by atoms with van der Waals surface area (Å²) in [6.45, 7) is 3.67. The number of imidazole rings is 1. The van der Waals surface area contributed by atoms with Crippen molar-refractivity contribution in [1.82, 2.24) is 29.3 Å². The van der Waals surface area contributed by atoms with Crippen molar-refractivity contribution in [2.75, 3.05) is 11.1 Å². The van der Waals surface area contributed by atoms with Crippen LogP contribution >= 0.6 is 0 Å². The second-order valence-electron chi connectivity index (χ2n) is 7.45. The SMILES string of the molecule is Cc1cccc2nc([C@H](C)Nc3nc(N)nc4nc[nH]c34)c(-c3cccc(F)c3)c(=O)n12. The van der Waals surface area contributed by atoms with Crippen molar-refractivity contribution >= 4 is 28.6 Å². The second-order valence-corrected chi connectivity index (χ2v) is 7.45. The minimum Gasteiger partial charge on any atom is -0.368 e. The lowest BCUT2D eigenvalue weighted by Crippen LogP contribution is -2.24. The van der Waals surface area contributed by atoms with E-state index in [4.69, 9.17) is 10.7 Å². The van der Waals surface area contributed by atoms with Crippen LogP contribution in [0.4, 0.5) is 16.2 Å². The normalized spacial score (nSPS) is 12.3. The summed E-state index contributed by atoms with van der Waals surface area (Å²) < 4.78 is 15.6. The van der Waals surface area contributed by atoms with Gasteiger partial charge in [0.15, 0.2) is 11.5 Å². The van der Waals surface area contributed by atoms with Crippen molar-refractivity contribution in [2.45, 2.75) is 19.9 Å². The van der Waals surface area contributed by atoms with Gasteiger partial charge in [-0.15, -0.1) is 0 Å². The van der Waals surface area contributed by atoms with Gasteiger partial charge < -0.3 is 16.0 Å². The summed E-state index contributed by atoms with van der Waals surface area (Å²) in [6.07, 6.45) is 1.50. The maximum Gasteiger partial charge on any atom is 0.266 e. The topological polar surface area (TPSA) is 127 Å². The van der Waals surface area contributed by atoms with E-state index in [2.05, 4.69) is 25.3 Å². The first-order valence-corrected chi connectivity index (χ1v) is 9.93. The second kappa shape index (κ2) is 7.41. The van der Waals surface area contributed by atoms with E-state index >= 15 is 0 Å². The Labute approximate surface area is 181 Å². The van der Waals surface area contributed by atoms with E-state index < -0.39 is 11.9 Å². The maximum atomic E-state index is 14.1. The zero-order valence-corrected chi connectivity index (χ0v) is 17.3. The van der Waals surface area contributed by atoms with Gasteiger partial charge in [-0.3, -0.25) is 9.20 Å². The number of hydrogen-bond acceptors (Lipinski definition) is 7. The van der Waals surface area contributed by atoms with Gasteiger partial charge in [0.05, 0.1) is 23.6 Å². The molecule has 4 N–H and O–H groups in total. The number of aryl methyl sites for hydroxylation is 1. The Morgan fingerprint density at radius 3 is 2.78 bits per heavy atom. The molecule has 1 atom stereocenters. The molecule has 0 spiro atoms. The highest BCUT2D eigenvalue weighted by Crippen LogP contribution is 2.29. The molecule has 0 bridgehead atoms. The highest BCUT2D eigenvalue weighted by atomic mass is 19.1. The summed E-state index contributed by atoms with van der Waals surface area (Å²) in [7, 11) is 0. The molecule has 1 aromatic carbocycles. The van der Waals surface area contributed by atoms with Crippen LogP contribution in [0.3, 0.4) is 0 Å². The molecule has 0 fully saturated rings. The Kier molecular flexibility index (Phi) is 4.54. The van der Waals surface area contributed by atoms with Crippen LogP contribution in [-0.2, 0) is 0 Å². The third-order valence-corrected chi connectivity index (χ3v) is 5.25. The van der Waals surface area contributed by atoms with Crippen molar-refractivity contribution in [2.24, 2.45) is 0 Å². The Bertz CT molecular complexity index is 1540. The van der Waals surface area contributed by atoms with Crippen molar-refractivity contribution in [3.63, 3.8) is 0 Å². The number of anilines is 2. The number of aromatic nitrogens is 6. The number of H-pyrrole nitrogens is 1. The number of nitrogens with zero attached hydrogens (tertiary/aromatic N) is 5. The van der Waals surface area contributed by atoms with Crippen LogP contribution in [0.2, 0.25) is 0 Å². The van der Waals surface area contributed by atoms with Crippen molar-refractivity contribution in [3.8, 4) is 11.1 Å². The minimum atomic E-state index is -0.479. The van der Waals surface area contributed by atoms with Crippen LogP contribution in [0, 0.1) is 12.7 Å². The molecule has 0 aliphatic heterocycles. The highest BCUT2D eigenvalue weighted by Gasteiger charge is 2.22. The van der Waals surface area contributed by atoms with E-state index in [1.54, 1.807) is 18.2 Å². The van der Waals surface area contributed by atoms with E-state index in [9.17, 15) is 9.18 Å². The molecule has 0 amide bonds. The quantitative estimate of drug-likeness (QED) is 0.399. The number of nitrogen functional groups attached to an aromatic ring is 1. The van der Waals surface area contributed by atoms with Crippen LogP contribution in [0.1, 0.15) is 24.4 Å². The predicted octanol–water partition coefficient (Wildman–Crippen LogP) is 3.23. The fraction of sp³-hybridized carbons (Fsp3) is 0.136. The molecule has 5 aromatic rings. The first-order chi connectivity index (χ1) is 15.4. The molecule has 32 heavy (non-hydrogen) atoms. The van der Waals surface area contributed by atoms with Gasteiger partial charge in [0.25, 0.3) is 5.56 Å². The number of hydrogen-bond donors (Lipinski definition) is 3. The summed E-state index contributed by atoms with van der Waals surface area (Å²) >= 11 is 0. The molecule has 4 aromatic heterocycles. The summed E-state index contributed by atoms with van der Waals surface area (Å²) in [5.74, 6) is 0.0480. The first kappa shape index (κ1) is 19.6. The van der Waals surface area contributed by atoms with Gasteiger partial charge in [0.1, 0.15) is 17.0 Å². The standard InChI is InChI=1S/C22H19FN8O/c1-11-5-3-8-15-28-17(16(21(32)31(11)15)13-6-4-7-14(23)9-13)12(2)27-20-18-19(26-10-25-18)29-22(24)30-20/h3-10,12H,1-2H3,(H4,24,25,26,27,29,30)/t12-/m0/s1. The average molecular weight is 430 g/mol. The first-order valence-electron chi connectivity index (χ1n) is 9.93. The van der Waals surface area contributed by atoms with Crippen LogP contribution in [0.5, 0.6) is 0 Å². The zero-order chi connectivity index (χ0) is 22.4. The Morgan fingerprint density at radius 2 is 1.97 bits per heavy atom. The number of fused-ring (bicyclic) bond motifs is 2. The highest BCUT2D eigenvalue weighted by molar-refractivity contribution is 5.83. The largest absolute Gasteiger partial charge is 0.368 e. The third-order valence-electron chi connectivity index (χ3n) is 5.25. The number of nitrogens with two attached hydrogens (primary N) is 1. The van der Waals surface area contributed by atoms with Crippen LogP contribution in [0.15, 0.2) is 53.6 Å². The third kappa shape index (κ3) is 3.22. The van der Waals surface area contributed by atoms with Gasteiger partial charge in [-0.05, 0) is 43.7 Å². The van der Waals surface area contributed by atoms with Gasteiger partial charge in [-0.1, -0.05) is 18.2 Å². The fourth-order valence-electron chi connectivity index (χ4n) is 3.81. The molecule has 0 saturated carbocycles. The molecular formula is C22H19FN8O. The summed E-state index contributed by atoms with van der Waals surface area (Å²) in [6, 6.07) is 10.9. The van der Waals surface area contributed by atoms with Crippen LogP contribution in [-0.4, -0.2) is 29.3 Å². The molecule has 5 rings (SSSR count). The van der Waals surface area contributed by atoms with Gasteiger partial charge >= 0.3 is 0 Å². The number of nitrogens with one attached hydrogen (secondary N) is 2.